The van der Waals surface area contributed by atoms with Crippen LogP contribution in [0.2, 0.25) is 5.02 Å². The summed E-state index contributed by atoms with van der Waals surface area (Å²) in [6.07, 6.45) is 1.70. The van der Waals surface area contributed by atoms with Crippen LogP contribution in [-0.2, 0) is 11.3 Å². The summed E-state index contributed by atoms with van der Waals surface area (Å²) in [5, 5.41) is 3.59. The van der Waals surface area contributed by atoms with E-state index in [1.807, 2.05) is 18.2 Å². The Morgan fingerprint density at radius 1 is 1.29 bits per heavy atom. The predicted octanol–water partition coefficient (Wildman–Crippen LogP) is 1.76. The zero-order valence-corrected chi connectivity index (χ0v) is 13.0. The second kappa shape index (κ2) is 8.17. The minimum Gasteiger partial charge on any atom is -0.352 e. The van der Waals surface area contributed by atoms with Crippen LogP contribution in [0.4, 0.5) is 0 Å². The molecule has 4 nitrogen and oxygen atoms in total. The first-order valence-electron chi connectivity index (χ1n) is 7.24. The number of halogens is 1. The van der Waals surface area contributed by atoms with Gasteiger partial charge in [0.2, 0.25) is 5.91 Å². The van der Waals surface area contributed by atoms with E-state index in [0.717, 1.165) is 37.7 Å². The van der Waals surface area contributed by atoms with E-state index in [1.165, 1.54) is 5.56 Å². The number of hydrogen-bond acceptors (Lipinski definition) is 3. The lowest BCUT2D eigenvalue weighted by atomic mass is 10.2. The van der Waals surface area contributed by atoms with E-state index in [1.54, 1.807) is 6.08 Å². The molecule has 0 atom stereocenters. The van der Waals surface area contributed by atoms with Gasteiger partial charge in [0.1, 0.15) is 0 Å². The molecule has 0 unspecified atom stereocenters. The quantitative estimate of drug-likeness (QED) is 0.814. The molecule has 1 heterocycles. The molecule has 0 spiro atoms. The molecule has 1 aromatic rings. The number of nitrogens with zero attached hydrogens (tertiary/aromatic N) is 2. The first kappa shape index (κ1) is 16.0. The average Bonchev–Trinajstić information content (AvgIpc) is 2.47. The number of rotatable bonds is 6. The van der Waals surface area contributed by atoms with Gasteiger partial charge in [-0.2, -0.15) is 0 Å². The van der Waals surface area contributed by atoms with Crippen LogP contribution in [0.15, 0.2) is 36.9 Å². The number of carbonyl (C=O) groups excluding carboxylic acids is 1. The van der Waals surface area contributed by atoms with Gasteiger partial charge in [-0.05, 0) is 17.7 Å². The monoisotopic (exact) mass is 307 g/mol. The molecular formula is C16H22ClN3O. The lowest BCUT2D eigenvalue weighted by Gasteiger charge is -2.34. The maximum Gasteiger partial charge on any atom is 0.234 e. The van der Waals surface area contributed by atoms with Crippen molar-refractivity contribution in [1.82, 2.24) is 15.1 Å². The lowest BCUT2D eigenvalue weighted by Crippen LogP contribution is -2.49. The van der Waals surface area contributed by atoms with Crippen molar-refractivity contribution in [3.8, 4) is 0 Å². The van der Waals surface area contributed by atoms with Gasteiger partial charge >= 0.3 is 0 Å². The highest BCUT2D eigenvalue weighted by Crippen LogP contribution is 2.13. The highest BCUT2D eigenvalue weighted by molar-refractivity contribution is 6.30. The Hall–Kier alpha value is -1.36. The van der Waals surface area contributed by atoms with Gasteiger partial charge < -0.3 is 5.32 Å². The van der Waals surface area contributed by atoms with E-state index >= 15 is 0 Å². The molecule has 1 saturated heterocycles. The van der Waals surface area contributed by atoms with Gasteiger partial charge in [-0.3, -0.25) is 14.6 Å². The van der Waals surface area contributed by atoms with Gasteiger partial charge in [-0.25, -0.2) is 0 Å². The summed E-state index contributed by atoms with van der Waals surface area (Å²) < 4.78 is 0. The molecule has 1 aliphatic rings. The fourth-order valence-corrected chi connectivity index (χ4v) is 2.66. The lowest BCUT2D eigenvalue weighted by molar-refractivity contribution is -0.122. The topological polar surface area (TPSA) is 35.6 Å². The minimum atomic E-state index is 0.0678. The van der Waals surface area contributed by atoms with Crippen molar-refractivity contribution in [1.29, 1.82) is 0 Å². The van der Waals surface area contributed by atoms with Crippen LogP contribution >= 0.6 is 11.6 Å². The molecule has 1 amide bonds. The Morgan fingerprint density at radius 2 is 2.00 bits per heavy atom. The number of hydrogen-bond donors (Lipinski definition) is 1. The van der Waals surface area contributed by atoms with Crippen molar-refractivity contribution in [3.63, 3.8) is 0 Å². The summed E-state index contributed by atoms with van der Waals surface area (Å²) >= 11 is 6.01. The number of carbonyl (C=O) groups is 1. The second-order valence-corrected chi connectivity index (χ2v) is 5.71. The van der Waals surface area contributed by atoms with Crippen molar-refractivity contribution < 1.29 is 4.79 Å². The minimum absolute atomic E-state index is 0.0678. The van der Waals surface area contributed by atoms with Crippen molar-refractivity contribution in [3.05, 3.63) is 47.5 Å². The molecular weight excluding hydrogens is 286 g/mol. The number of amides is 1. The van der Waals surface area contributed by atoms with Crippen LogP contribution in [-0.4, -0.2) is 55.0 Å². The molecule has 21 heavy (non-hydrogen) atoms. The normalized spacial score (nSPS) is 16.6. The SMILES string of the molecule is C=CCNC(=O)CN1CCN(Cc2cccc(Cl)c2)CC1. The van der Waals surface area contributed by atoms with Crippen molar-refractivity contribution >= 4 is 17.5 Å². The van der Waals surface area contributed by atoms with Gasteiger partial charge in [-0.1, -0.05) is 29.8 Å². The Balaban J connectivity index is 1.73. The van der Waals surface area contributed by atoms with Crippen LogP contribution in [0.5, 0.6) is 0 Å². The molecule has 0 aromatic heterocycles. The maximum absolute atomic E-state index is 11.7. The molecule has 114 valence electrons. The van der Waals surface area contributed by atoms with E-state index in [4.69, 9.17) is 11.6 Å². The molecule has 5 heteroatoms. The van der Waals surface area contributed by atoms with Gasteiger partial charge in [0.15, 0.2) is 0 Å². The Kier molecular flexibility index (Phi) is 6.23. The van der Waals surface area contributed by atoms with Gasteiger partial charge in [0, 0.05) is 44.3 Å². The summed E-state index contributed by atoms with van der Waals surface area (Å²) in [7, 11) is 0. The van der Waals surface area contributed by atoms with E-state index in [-0.39, 0.29) is 5.91 Å². The summed E-state index contributed by atoms with van der Waals surface area (Å²) in [6.45, 7) is 9.30. The van der Waals surface area contributed by atoms with Crippen LogP contribution in [0.25, 0.3) is 0 Å². The van der Waals surface area contributed by atoms with Crippen molar-refractivity contribution in [2.75, 3.05) is 39.3 Å². The number of nitrogens with one attached hydrogen (secondary N) is 1. The zero-order valence-electron chi connectivity index (χ0n) is 12.2. The Labute approximate surface area is 131 Å². The van der Waals surface area contributed by atoms with E-state index in [0.29, 0.717) is 13.1 Å². The first-order valence-corrected chi connectivity index (χ1v) is 7.62. The average molecular weight is 308 g/mol. The Bertz CT molecular complexity index is 484. The number of benzene rings is 1. The molecule has 1 fully saturated rings. The standard InChI is InChI=1S/C16H22ClN3O/c1-2-6-18-16(21)13-20-9-7-19(8-10-20)12-14-4-3-5-15(17)11-14/h2-5,11H,1,6-10,12-13H2,(H,18,21). The highest BCUT2D eigenvalue weighted by Gasteiger charge is 2.18. The highest BCUT2D eigenvalue weighted by atomic mass is 35.5. The first-order chi connectivity index (χ1) is 10.2. The molecule has 1 aliphatic heterocycles. The summed E-state index contributed by atoms with van der Waals surface area (Å²) in [5.41, 5.74) is 1.24. The van der Waals surface area contributed by atoms with Gasteiger partial charge in [-0.15, -0.1) is 6.58 Å². The third kappa shape index (κ3) is 5.50. The maximum atomic E-state index is 11.7. The summed E-state index contributed by atoms with van der Waals surface area (Å²) in [4.78, 5) is 16.2. The van der Waals surface area contributed by atoms with E-state index in [9.17, 15) is 4.79 Å². The fourth-order valence-electron chi connectivity index (χ4n) is 2.44. The van der Waals surface area contributed by atoms with Crippen LogP contribution in [0.1, 0.15) is 5.56 Å². The fraction of sp³-hybridized carbons (Fsp3) is 0.438. The molecule has 1 N–H and O–H groups in total. The largest absolute Gasteiger partial charge is 0.352 e. The number of piperazine rings is 1. The third-order valence-electron chi connectivity index (χ3n) is 3.57. The molecule has 0 bridgehead atoms. The third-order valence-corrected chi connectivity index (χ3v) is 3.81. The zero-order chi connectivity index (χ0) is 15.1. The molecule has 1 aromatic carbocycles. The molecule has 2 rings (SSSR count). The van der Waals surface area contributed by atoms with E-state index < -0.39 is 0 Å². The smallest absolute Gasteiger partial charge is 0.234 e. The van der Waals surface area contributed by atoms with Gasteiger partial charge in [0.05, 0.1) is 6.54 Å². The van der Waals surface area contributed by atoms with Crippen LogP contribution < -0.4 is 5.32 Å². The predicted molar refractivity (Wildman–Crippen MR) is 86.4 cm³/mol. The molecule has 0 aliphatic carbocycles. The molecule has 0 saturated carbocycles. The Morgan fingerprint density at radius 3 is 2.67 bits per heavy atom. The van der Waals surface area contributed by atoms with Crippen LogP contribution in [0, 0.1) is 0 Å². The van der Waals surface area contributed by atoms with Crippen molar-refractivity contribution in [2.24, 2.45) is 0 Å². The summed E-state index contributed by atoms with van der Waals surface area (Å²) in [5.74, 6) is 0.0678. The second-order valence-electron chi connectivity index (χ2n) is 5.27. The van der Waals surface area contributed by atoms with Gasteiger partial charge in [0.25, 0.3) is 0 Å². The van der Waals surface area contributed by atoms with Crippen LogP contribution in [0.3, 0.4) is 0 Å². The summed E-state index contributed by atoms with van der Waals surface area (Å²) in [6, 6.07) is 7.99. The van der Waals surface area contributed by atoms with Crippen molar-refractivity contribution in [2.45, 2.75) is 6.54 Å². The van der Waals surface area contributed by atoms with E-state index in [2.05, 4.69) is 27.8 Å². The molecule has 0 radical (unpaired) electrons.